The van der Waals surface area contributed by atoms with Gasteiger partial charge in [-0.05, 0) is 97.7 Å². The Morgan fingerprint density at radius 2 is 1.65 bits per heavy atom. The van der Waals surface area contributed by atoms with Crippen molar-refractivity contribution in [1.29, 1.82) is 0 Å². The molecule has 0 aromatic carbocycles. The standard InChI is InChI=1S/C27H44O4/c1-15-7-10-27(30-14-15)16(2)24-23(31-27)12-20-18-6-5-17-11-21(28)22(29)13-26(17,4)19(18)8-9-25(20,24)3/h15-24,28-29H,5-14H2,1-4H3/t15-,16+,17+,18-,19+,20+,21-,22-,23+,24+,25+,26+,27?/m1/s1. The normalized spacial score (nSPS) is 63.3. The smallest absolute Gasteiger partial charge is 0.171 e. The zero-order chi connectivity index (χ0) is 21.8. The van der Waals surface area contributed by atoms with Crippen LogP contribution in [-0.4, -0.2) is 40.9 Å². The second kappa shape index (κ2) is 6.93. The molecule has 0 aromatic rings. The summed E-state index contributed by atoms with van der Waals surface area (Å²) in [5, 5.41) is 20.9. The predicted octanol–water partition coefficient (Wildman–Crippen LogP) is 4.76. The van der Waals surface area contributed by atoms with Crippen LogP contribution in [0.3, 0.4) is 0 Å². The monoisotopic (exact) mass is 432 g/mol. The second-order valence-electron chi connectivity index (χ2n) is 13.2. The summed E-state index contributed by atoms with van der Waals surface area (Å²) in [7, 11) is 0. The van der Waals surface area contributed by atoms with Crippen LogP contribution in [0.4, 0.5) is 0 Å². The van der Waals surface area contributed by atoms with Crippen LogP contribution in [0.15, 0.2) is 0 Å². The van der Waals surface area contributed by atoms with Gasteiger partial charge in [0.2, 0.25) is 0 Å². The van der Waals surface area contributed by atoms with Crippen LogP contribution in [-0.2, 0) is 9.47 Å². The molecule has 0 radical (unpaired) electrons. The van der Waals surface area contributed by atoms with Gasteiger partial charge in [-0.3, -0.25) is 0 Å². The van der Waals surface area contributed by atoms with Crippen LogP contribution in [0.25, 0.3) is 0 Å². The lowest BCUT2D eigenvalue weighted by molar-refractivity contribution is -0.273. The Labute approximate surface area is 188 Å². The molecular weight excluding hydrogens is 388 g/mol. The molecule has 31 heavy (non-hydrogen) atoms. The van der Waals surface area contributed by atoms with Crippen molar-refractivity contribution in [3.05, 3.63) is 0 Å². The van der Waals surface area contributed by atoms with E-state index < -0.39 is 12.2 Å². The molecule has 0 aromatic heterocycles. The second-order valence-corrected chi connectivity index (χ2v) is 13.2. The summed E-state index contributed by atoms with van der Waals surface area (Å²) in [5.41, 5.74) is 0.550. The average Bonchev–Trinajstić information content (AvgIpc) is 3.16. The Morgan fingerprint density at radius 3 is 2.39 bits per heavy atom. The van der Waals surface area contributed by atoms with Crippen LogP contribution in [0.2, 0.25) is 0 Å². The minimum absolute atomic E-state index is 0.191. The third kappa shape index (κ3) is 2.80. The van der Waals surface area contributed by atoms with E-state index in [2.05, 4.69) is 27.7 Å². The first kappa shape index (κ1) is 21.4. The summed E-state index contributed by atoms with van der Waals surface area (Å²) in [6, 6.07) is 0. The maximum absolute atomic E-state index is 10.6. The molecule has 2 saturated heterocycles. The summed E-state index contributed by atoms with van der Waals surface area (Å²) in [6.45, 7) is 10.6. The fourth-order valence-electron chi connectivity index (χ4n) is 10.3. The van der Waals surface area contributed by atoms with Gasteiger partial charge in [-0.25, -0.2) is 0 Å². The van der Waals surface area contributed by atoms with E-state index in [1.807, 2.05) is 0 Å². The van der Waals surface area contributed by atoms with Crippen molar-refractivity contribution >= 4 is 0 Å². The van der Waals surface area contributed by atoms with E-state index in [-0.39, 0.29) is 11.2 Å². The Morgan fingerprint density at radius 1 is 0.839 bits per heavy atom. The van der Waals surface area contributed by atoms with Gasteiger partial charge >= 0.3 is 0 Å². The van der Waals surface area contributed by atoms with Gasteiger partial charge in [0.05, 0.1) is 24.9 Å². The van der Waals surface area contributed by atoms with Crippen molar-refractivity contribution in [3.8, 4) is 0 Å². The van der Waals surface area contributed by atoms with Crippen molar-refractivity contribution in [2.24, 2.45) is 52.3 Å². The fraction of sp³-hybridized carbons (Fsp3) is 1.00. The van der Waals surface area contributed by atoms with E-state index in [9.17, 15) is 10.2 Å². The first-order chi connectivity index (χ1) is 14.7. The number of aliphatic hydroxyl groups is 2. The molecule has 13 atom stereocenters. The van der Waals surface area contributed by atoms with Crippen molar-refractivity contribution in [2.75, 3.05) is 6.61 Å². The van der Waals surface area contributed by atoms with Crippen molar-refractivity contribution in [1.82, 2.24) is 0 Å². The summed E-state index contributed by atoms with van der Waals surface area (Å²) < 4.78 is 13.3. The predicted molar refractivity (Wildman–Crippen MR) is 119 cm³/mol. The molecule has 6 rings (SSSR count). The topological polar surface area (TPSA) is 58.9 Å². The third-order valence-corrected chi connectivity index (χ3v) is 12.0. The van der Waals surface area contributed by atoms with E-state index >= 15 is 0 Å². The maximum Gasteiger partial charge on any atom is 0.171 e. The molecule has 2 N–H and O–H groups in total. The van der Waals surface area contributed by atoms with Crippen LogP contribution >= 0.6 is 0 Å². The SMILES string of the molecule is C[C@@H]1CCC2(OC1)O[C@H]1C[C@H]3[C@@H]4CC[C@H]5C[C@@H](O)[C@H](O)C[C@]5(C)[C@H]4CC[C@]3(C)[C@H]1[C@@H]2C. The molecule has 6 fully saturated rings. The molecule has 0 amide bonds. The van der Waals surface area contributed by atoms with Gasteiger partial charge < -0.3 is 19.7 Å². The highest BCUT2D eigenvalue weighted by atomic mass is 16.7. The van der Waals surface area contributed by atoms with Crippen LogP contribution in [0.5, 0.6) is 0 Å². The average molecular weight is 433 g/mol. The fourth-order valence-corrected chi connectivity index (χ4v) is 10.3. The summed E-state index contributed by atoms with van der Waals surface area (Å²) in [4.78, 5) is 0. The van der Waals surface area contributed by atoms with Gasteiger partial charge in [0.25, 0.3) is 0 Å². The quantitative estimate of drug-likeness (QED) is 0.579. The summed E-state index contributed by atoms with van der Waals surface area (Å²) >= 11 is 0. The Hall–Kier alpha value is -0.160. The zero-order valence-electron chi connectivity index (χ0n) is 20.1. The van der Waals surface area contributed by atoms with Gasteiger partial charge in [-0.15, -0.1) is 0 Å². The van der Waals surface area contributed by atoms with Gasteiger partial charge in [0, 0.05) is 12.3 Å². The van der Waals surface area contributed by atoms with E-state index in [4.69, 9.17) is 9.47 Å². The molecule has 176 valence electrons. The highest BCUT2D eigenvalue weighted by molar-refractivity contribution is 5.15. The lowest BCUT2D eigenvalue weighted by atomic mass is 9.44. The maximum atomic E-state index is 10.6. The number of hydrogen-bond acceptors (Lipinski definition) is 4. The number of hydrogen-bond donors (Lipinski definition) is 2. The van der Waals surface area contributed by atoms with Gasteiger partial charge in [0.1, 0.15) is 0 Å². The number of aliphatic hydroxyl groups excluding tert-OH is 2. The summed E-state index contributed by atoms with van der Waals surface area (Å²) in [6.07, 6.45) is 9.51. The zero-order valence-corrected chi connectivity index (χ0v) is 20.1. The number of rotatable bonds is 0. The molecule has 2 aliphatic heterocycles. The molecule has 4 aliphatic carbocycles. The van der Waals surface area contributed by atoms with Crippen LogP contribution in [0, 0.1) is 52.3 Å². The van der Waals surface area contributed by atoms with Crippen LogP contribution in [0.1, 0.15) is 85.5 Å². The Bertz CT molecular complexity index is 716. The highest BCUT2D eigenvalue weighted by Gasteiger charge is 2.69. The molecule has 1 spiro atoms. The number of ether oxygens (including phenoxy) is 2. The third-order valence-electron chi connectivity index (χ3n) is 12.0. The largest absolute Gasteiger partial charge is 0.390 e. The number of fused-ring (bicyclic) bond motifs is 7. The summed E-state index contributed by atoms with van der Waals surface area (Å²) in [5.74, 6) is 4.21. The molecule has 4 saturated carbocycles. The van der Waals surface area contributed by atoms with Crippen LogP contribution < -0.4 is 0 Å². The highest BCUT2D eigenvalue weighted by Crippen LogP contribution is 2.71. The van der Waals surface area contributed by atoms with Crippen molar-refractivity contribution < 1.29 is 19.7 Å². The van der Waals surface area contributed by atoms with Gasteiger partial charge in [0.15, 0.2) is 5.79 Å². The minimum Gasteiger partial charge on any atom is -0.390 e. The molecule has 2 heterocycles. The molecule has 0 bridgehead atoms. The lowest BCUT2D eigenvalue weighted by Gasteiger charge is -2.61. The molecule has 4 heteroatoms. The molecule has 4 nitrogen and oxygen atoms in total. The van der Waals surface area contributed by atoms with Gasteiger partial charge in [-0.1, -0.05) is 27.7 Å². The lowest BCUT2D eigenvalue weighted by Crippen LogP contribution is -2.57. The molecule has 1 unspecified atom stereocenters. The van der Waals surface area contributed by atoms with Gasteiger partial charge in [-0.2, -0.15) is 0 Å². The molecular formula is C27H44O4. The van der Waals surface area contributed by atoms with Crippen molar-refractivity contribution in [3.63, 3.8) is 0 Å². The van der Waals surface area contributed by atoms with E-state index in [0.29, 0.717) is 41.1 Å². The first-order valence-electron chi connectivity index (χ1n) is 13.4. The van der Waals surface area contributed by atoms with E-state index in [1.165, 1.54) is 38.5 Å². The van der Waals surface area contributed by atoms with E-state index in [1.54, 1.807) is 0 Å². The molecule has 6 aliphatic rings. The van der Waals surface area contributed by atoms with Crippen molar-refractivity contribution in [2.45, 2.75) is 110 Å². The Kier molecular flexibility index (Phi) is 4.78. The Balaban J connectivity index is 1.26. The first-order valence-corrected chi connectivity index (χ1v) is 13.4. The van der Waals surface area contributed by atoms with E-state index in [0.717, 1.165) is 37.7 Å². The minimum atomic E-state index is -0.537.